The first-order valence-corrected chi connectivity index (χ1v) is 10.0. The SMILES string of the molecule is Cn1nc(-c2cnc(C3CC3)c(-c3cnc(NC(=O)c4c(F)cccc4F)cn3)c2)oc1=O. The third-order valence-corrected chi connectivity index (χ3v) is 5.18. The van der Waals surface area contributed by atoms with Gasteiger partial charge in [0.15, 0.2) is 5.82 Å². The summed E-state index contributed by atoms with van der Waals surface area (Å²) in [4.78, 5) is 36.9. The molecule has 1 aromatic carbocycles. The summed E-state index contributed by atoms with van der Waals surface area (Å²) in [6.45, 7) is 0. The van der Waals surface area contributed by atoms with Gasteiger partial charge in [-0.1, -0.05) is 6.07 Å². The molecule has 0 atom stereocenters. The standard InChI is InChI=1S/C22H16F2N6O3/c1-30-22(32)33-21(29-30)12-7-13(19(27-8-12)11-5-6-11)16-9-26-17(10-25-16)28-20(31)18-14(23)3-2-4-15(18)24/h2-4,7-11H,5-6H2,1H3,(H,26,28,31). The van der Waals surface area contributed by atoms with Crippen LogP contribution in [0.3, 0.4) is 0 Å². The van der Waals surface area contributed by atoms with Crippen molar-refractivity contribution in [1.82, 2.24) is 24.7 Å². The van der Waals surface area contributed by atoms with E-state index < -0.39 is 28.9 Å². The number of benzene rings is 1. The monoisotopic (exact) mass is 450 g/mol. The van der Waals surface area contributed by atoms with Crippen LogP contribution in [0.1, 0.15) is 34.8 Å². The third-order valence-electron chi connectivity index (χ3n) is 5.18. The lowest BCUT2D eigenvalue weighted by Gasteiger charge is -2.10. The summed E-state index contributed by atoms with van der Waals surface area (Å²) < 4.78 is 33.9. The minimum Gasteiger partial charge on any atom is -0.388 e. The number of carbonyl (C=O) groups is 1. The van der Waals surface area contributed by atoms with E-state index in [1.807, 2.05) is 0 Å². The van der Waals surface area contributed by atoms with Crippen LogP contribution in [0.2, 0.25) is 0 Å². The highest BCUT2D eigenvalue weighted by atomic mass is 19.1. The van der Waals surface area contributed by atoms with Crippen molar-refractivity contribution in [3.63, 3.8) is 0 Å². The van der Waals surface area contributed by atoms with Crippen LogP contribution in [0.4, 0.5) is 14.6 Å². The molecule has 4 aromatic rings. The fourth-order valence-corrected chi connectivity index (χ4v) is 3.37. The first-order valence-electron chi connectivity index (χ1n) is 10.0. The number of halogens is 2. The lowest BCUT2D eigenvalue weighted by molar-refractivity contribution is 0.101. The van der Waals surface area contributed by atoms with E-state index in [1.165, 1.54) is 25.5 Å². The number of carbonyl (C=O) groups excluding carboxylic acids is 1. The normalized spacial score (nSPS) is 13.2. The van der Waals surface area contributed by atoms with E-state index in [4.69, 9.17) is 4.42 Å². The molecule has 1 fully saturated rings. The van der Waals surface area contributed by atoms with Crippen LogP contribution in [-0.2, 0) is 7.05 Å². The van der Waals surface area contributed by atoms with E-state index in [9.17, 15) is 18.4 Å². The van der Waals surface area contributed by atoms with E-state index in [2.05, 4.69) is 25.4 Å². The van der Waals surface area contributed by atoms with Gasteiger partial charge in [0.2, 0.25) is 0 Å². The Morgan fingerprint density at radius 2 is 1.88 bits per heavy atom. The molecule has 1 amide bonds. The average molecular weight is 450 g/mol. The van der Waals surface area contributed by atoms with Crippen molar-refractivity contribution in [2.45, 2.75) is 18.8 Å². The van der Waals surface area contributed by atoms with Crippen LogP contribution in [-0.4, -0.2) is 30.6 Å². The van der Waals surface area contributed by atoms with E-state index in [0.29, 0.717) is 16.8 Å². The van der Waals surface area contributed by atoms with Gasteiger partial charge >= 0.3 is 5.76 Å². The number of nitrogens with zero attached hydrogens (tertiary/aromatic N) is 5. The molecule has 1 aliphatic carbocycles. The van der Waals surface area contributed by atoms with Crippen molar-refractivity contribution in [1.29, 1.82) is 0 Å². The van der Waals surface area contributed by atoms with Crippen molar-refractivity contribution in [2.24, 2.45) is 7.05 Å². The van der Waals surface area contributed by atoms with E-state index in [-0.39, 0.29) is 17.6 Å². The quantitative estimate of drug-likeness (QED) is 0.496. The molecule has 5 rings (SSSR count). The first kappa shape index (κ1) is 20.6. The average Bonchev–Trinajstić information content (AvgIpc) is 3.58. The van der Waals surface area contributed by atoms with Crippen molar-refractivity contribution in [3.05, 3.63) is 76.3 Å². The summed E-state index contributed by atoms with van der Waals surface area (Å²) in [5.74, 6) is -3.08. The molecule has 0 unspecified atom stereocenters. The second kappa shape index (κ2) is 8.01. The van der Waals surface area contributed by atoms with Crippen LogP contribution in [0.5, 0.6) is 0 Å². The molecule has 0 bridgehead atoms. The molecule has 0 aliphatic heterocycles. The summed E-state index contributed by atoms with van der Waals surface area (Å²) in [7, 11) is 1.48. The zero-order valence-corrected chi connectivity index (χ0v) is 17.2. The van der Waals surface area contributed by atoms with E-state index in [1.54, 1.807) is 12.3 Å². The summed E-state index contributed by atoms with van der Waals surface area (Å²) in [5, 5.41) is 6.39. The zero-order chi connectivity index (χ0) is 23.1. The summed E-state index contributed by atoms with van der Waals surface area (Å²) in [6, 6.07) is 4.93. The number of pyridine rings is 1. The highest BCUT2D eigenvalue weighted by Crippen LogP contribution is 2.43. The molecular weight excluding hydrogens is 434 g/mol. The van der Waals surface area contributed by atoms with E-state index >= 15 is 0 Å². The van der Waals surface area contributed by atoms with Crippen molar-refractivity contribution < 1.29 is 18.0 Å². The first-order chi connectivity index (χ1) is 15.9. The molecule has 166 valence electrons. The summed E-state index contributed by atoms with van der Waals surface area (Å²) in [5.41, 5.74) is 1.79. The van der Waals surface area contributed by atoms with Crippen molar-refractivity contribution in [3.8, 4) is 22.7 Å². The molecule has 0 saturated heterocycles. The van der Waals surface area contributed by atoms with Crippen LogP contribution >= 0.6 is 0 Å². The zero-order valence-electron chi connectivity index (χ0n) is 17.2. The highest BCUT2D eigenvalue weighted by Gasteiger charge is 2.29. The molecule has 0 spiro atoms. The van der Waals surface area contributed by atoms with Gasteiger partial charge in [0.1, 0.15) is 17.2 Å². The van der Waals surface area contributed by atoms with Gasteiger partial charge in [-0.2, -0.15) is 4.68 Å². The number of hydrogen-bond acceptors (Lipinski definition) is 7. The molecule has 1 saturated carbocycles. The number of hydrogen-bond donors (Lipinski definition) is 1. The Bertz CT molecular complexity index is 1410. The number of amides is 1. The van der Waals surface area contributed by atoms with Crippen LogP contribution < -0.4 is 11.1 Å². The molecule has 11 heteroatoms. The second-order valence-corrected chi connectivity index (χ2v) is 7.57. The number of nitrogens with one attached hydrogen (secondary N) is 1. The Kier molecular flexibility index (Phi) is 5.00. The Morgan fingerprint density at radius 1 is 1.12 bits per heavy atom. The van der Waals surface area contributed by atoms with Gasteiger partial charge in [0.05, 0.1) is 29.3 Å². The predicted octanol–water partition coefficient (Wildman–Crippen LogP) is 3.30. The van der Waals surface area contributed by atoms with Crippen LogP contribution in [0, 0.1) is 11.6 Å². The Hall–Kier alpha value is -4.28. The molecule has 0 radical (unpaired) electrons. The Morgan fingerprint density at radius 3 is 2.48 bits per heavy atom. The van der Waals surface area contributed by atoms with Crippen molar-refractivity contribution in [2.75, 3.05) is 5.32 Å². The molecule has 9 nitrogen and oxygen atoms in total. The van der Waals surface area contributed by atoms with Crippen LogP contribution in [0.25, 0.3) is 22.7 Å². The minimum absolute atomic E-state index is 0.0270. The van der Waals surface area contributed by atoms with Gasteiger partial charge in [-0.05, 0) is 31.0 Å². The van der Waals surface area contributed by atoms with E-state index in [0.717, 1.165) is 35.4 Å². The van der Waals surface area contributed by atoms with Crippen LogP contribution in [0.15, 0.2) is 52.1 Å². The topological polar surface area (TPSA) is 116 Å². The molecule has 1 N–H and O–H groups in total. The van der Waals surface area contributed by atoms with Gasteiger partial charge in [0, 0.05) is 24.7 Å². The largest absolute Gasteiger partial charge is 0.437 e. The maximum absolute atomic E-state index is 13.8. The molecule has 3 heterocycles. The Balaban J connectivity index is 1.45. The Labute approximate surface area is 185 Å². The van der Waals surface area contributed by atoms with Gasteiger partial charge < -0.3 is 9.73 Å². The minimum atomic E-state index is -0.977. The van der Waals surface area contributed by atoms with Gasteiger partial charge in [-0.3, -0.25) is 14.8 Å². The summed E-state index contributed by atoms with van der Waals surface area (Å²) >= 11 is 0. The van der Waals surface area contributed by atoms with Crippen molar-refractivity contribution >= 4 is 11.7 Å². The summed E-state index contributed by atoms with van der Waals surface area (Å²) in [6.07, 6.45) is 6.29. The molecule has 1 aliphatic rings. The molecule has 3 aromatic heterocycles. The third kappa shape index (κ3) is 4.00. The van der Waals surface area contributed by atoms with Gasteiger partial charge in [-0.25, -0.2) is 18.6 Å². The predicted molar refractivity (Wildman–Crippen MR) is 112 cm³/mol. The maximum Gasteiger partial charge on any atom is 0.437 e. The molecule has 33 heavy (non-hydrogen) atoms. The van der Waals surface area contributed by atoms with Gasteiger partial charge in [-0.15, -0.1) is 5.10 Å². The number of anilines is 1. The van der Waals surface area contributed by atoms with Gasteiger partial charge in [0.25, 0.3) is 11.8 Å². The number of aromatic nitrogens is 5. The fourth-order valence-electron chi connectivity index (χ4n) is 3.37. The molecular formula is C22H16F2N6O3. The lowest BCUT2D eigenvalue weighted by atomic mass is 10.0. The number of aryl methyl sites for hydroxylation is 1. The fraction of sp³-hybridized carbons (Fsp3) is 0.182. The highest BCUT2D eigenvalue weighted by molar-refractivity contribution is 6.04. The lowest BCUT2D eigenvalue weighted by Crippen LogP contribution is -2.16. The maximum atomic E-state index is 13.8. The second-order valence-electron chi connectivity index (χ2n) is 7.57. The smallest absolute Gasteiger partial charge is 0.388 e. The number of rotatable bonds is 5.